The highest BCUT2D eigenvalue weighted by Gasteiger charge is 2.27. The highest BCUT2D eigenvalue weighted by Crippen LogP contribution is 2.20. The van der Waals surface area contributed by atoms with E-state index in [1.54, 1.807) is 30.8 Å². The maximum atomic E-state index is 12.2. The summed E-state index contributed by atoms with van der Waals surface area (Å²) in [7, 11) is 1.72. The van der Waals surface area contributed by atoms with Gasteiger partial charge in [0.2, 0.25) is 5.91 Å². The van der Waals surface area contributed by atoms with Crippen LogP contribution in [-0.2, 0) is 21.3 Å². The Hall–Kier alpha value is -1.86. The number of nitrogens with two attached hydrogens (primary N) is 1. The molecule has 0 aliphatic carbocycles. The van der Waals surface area contributed by atoms with Crippen LogP contribution in [0, 0.1) is 5.92 Å². The fourth-order valence-electron chi connectivity index (χ4n) is 2.56. The van der Waals surface area contributed by atoms with E-state index in [-0.39, 0.29) is 11.8 Å². The van der Waals surface area contributed by atoms with Crippen molar-refractivity contribution in [3.63, 3.8) is 0 Å². The topological polar surface area (TPSA) is 95.6 Å². The summed E-state index contributed by atoms with van der Waals surface area (Å²) in [5.74, 6) is -0.533. The van der Waals surface area contributed by atoms with Crippen molar-refractivity contribution in [3.8, 4) is 0 Å². The van der Waals surface area contributed by atoms with Crippen LogP contribution in [0.3, 0.4) is 0 Å². The van der Waals surface area contributed by atoms with Crippen LogP contribution in [0.2, 0.25) is 0 Å². The van der Waals surface area contributed by atoms with Crippen LogP contribution in [0.15, 0.2) is 12.3 Å². The summed E-state index contributed by atoms with van der Waals surface area (Å²) in [4.78, 5) is 24.0. The van der Waals surface area contributed by atoms with E-state index < -0.39 is 12.0 Å². The Morgan fingerprint density at radius 1 is 1.50 bits per heavy atom. The molecule has 0 aromatic carbocycles. The molecule has 0 saturated carbocycles. The number of nitrogens with zero attached hydrogens (tertiary/aromatic N) is 1. The van der Waals surface area contributed by atoms with Gasteiger partial charge in [-0.2, -0.15) is 0 Å². The predicted octanol–water partition coefficient (Wildman–Crippen LogP) is 0.894. The van der Waals surface area contributed by atoms with Crippen LogP contribution in [0.25, 0.3) is 0 Å². The van der Waals surface area contributed by atoms with E-state index in [9.17, 15) is 9.59 Å². The van der Waals surface area contributed by atoms with Gasteiger partial charge in [-0.05, 0) is 31.7 Å². The number of ether oxygens (including phenoxy) is 2. The summed E-state index contributed by atoms with van der Waals surface area (Å²) in [6.07, 6.45) is 3.25. The molecule has 1 aromatic heterocycles. The third-order valence-corrected chi connectivity index (χ3v) is 3.83. The molecule has 1 aromatic rings. The molecule has 7 heteroatoms. The Labute approximate surface area is 129 Å². The Morgan fingerprint density at radius 2 is 2.18 bits per heavy atom. The fraction of sp³-hybridized carbons (Fsp3) is 0.600. The molecule has 22 heavy (non-hydrogen) atoms. The summed E-state index contributed by atoms with van der Waals surface area (Å²) >= 11 is 0. The molecule has 2 rings (SSSR count). The highest BCUT2D eigenvalue weighted by atomic mass is 16.5. The van der Waals surface area contributed by atoms with Crippen LogP contribution in [-0.4, -0.2) is 42.3 Å². The molecule has 1 fully saturated rings. The number of nitrogens with one attached hydrogen (secondary N) is 1. The predicted molar refractivity (Wildman–Crippen MR) is 81.5 cm³/mol. The second kappa shape index (κ2) is 7.42. The molecular formula is C15H23N3O4. The van der Waals surface area contributed by atoms with Crippen molar-refractivity contribution >= 4 is 17.6 Å². The third-order valence-electron chi connectivity index (χ3n) is 3.83. The van der Waals surface area contributed by atoms with E-state index in [2.05, 4.69) is 5.32 Å². The lowest BCUT2D eigenvalue weighted by Gasteiger charge is -2.26. The number of carbonyl (C=O) groups is 2. The minimum Gasteiger partial charge on any atom is -0.461 e. The van der Waals surface area contributed by atoms with Gasteiger partial charge >= 0.3 is 5.97 Å². The first-order valence-corrected chi connectivity index (χ1v) is 7.50. The molecule has 1 unspecified atom stereocenters. The fourth-order valence-corrected chi connectivity index (χ4v) is 2.56. The lowest BCUT2D eigenvalue weighted by Crippen LogP contribution is -2.43. The van der Waals surface area contributed by atoms with Gasteiger partial charge in [-0.1, -0.05) is 0 Å². The Morgan fingerprint density at radius 3 is 2.82 bits per heavy atom. The number of carbonyl (C=O) groups excluding carboxylic acids is 2. The van der Waals surface area contributed by atoms with Crippen molar-refractivity contribution in [3.05, 3.63) is 18.0 Å². The average molecular weight is 309 g/mol. The van der Waals surface area contributed by atoms with E-state index in [1.165, 1.54) is 0 Å². The smallest absolute Gasteiger partial charge is 0.355 e. The van der Waals surface area contributed by atoms with Gasteiger partial charge in [-0.3, -0.25) is 4.79 Å². The van der Waals surface area contributed by atoms with Gasteiger partial charge in [0, 0.05) is 26.5 Å². The Kier molecular flexibility index (Phi) is 5.57. The van der Waals surface area contributed by atoms with Gasteiger partial charge in [-0.15, -0.1) is 0 Å². The minimum absolute atomic E-state index is 0.127. The molecule has 2 heterocycles. The number of rotatable bonds is 5. The molecular weight excluding hydrogens is 286 g/mol. The average Bonchev–Trinajstić information content (AvgIpc) is 2.88. The summed E-state index contributed by atoms with van der Waals surface area (Å²) in [5.41, 5.74) is 6.95. The summed E-state index contributed by atoms with van der Waals surface area (Å²) in [6.45, 7) is 3.34. The van der Waals surface area contributed by atoms with Crippen LogP contribution >= 0.6 is 0 Å². The molecule has 1 amide bonds. The number of anilines is 1. The van der Waals surface area contributed by atoms with E-state index in [1.807, 2.05) is 0 Å². The summed E-state index contributed by atoms with van der Waals surface area (Å²) in [5, 5.41) is 2.76. The SMILES string of the molecule is CCOC(=O)c1cc(NC(=O)C(N)C2CCOCC2)cn1C. The van der Waals surface area contributed by atoms with Crippen molar-refractivity contribution < 1.29 is 19.1 Å². The molecule has 1 saturated heterocycles. The molecule has 1 aliphatic heterocycles. The van der Waals surface area contributed by atoms with Crippen LogP contribution < -0.4 is 11.1 Å². The van der Waals surface area contributed by atoms with Gasteiger partial charge in [-0.25, -0.2) is 4.79 Å². The first kappa shape index (κ1) is 16.5. The Bertz CT molecular complexity index is 535. The number of esters is 1. The van der Waals surface area contributed by atoms with E-state index in [0.29, 0.717) is 31.2 Å². The first-order valence-electron chi connectivity index (χ1n) is 7.50. The zero-order valence-corrected chi connectivity index (χ0v) is 13.0. The normalized spacial score (nSPS) is 17.0. The van der Waals surface area contributed by atoms with Crippen molar-refractivity contribution in [2.75, 3.05) is 25.1 Å². The van der Waals surface area contributed by atoms with Crippen molar-refractivity contribution in [1.82, 2.24) is 4.57 Å². The highest BCUT2D eigenvalue weighted by molar-refractivity contribution is 5.96. The van der Waals surface area contributed by atoms with Gasteiger partial charge in [0.1, 0.15) is 5.69 Å². The number of hydrogen-bond acceptors (Lipinski definition) is 5. The molecule has 1 aliphatic rings. The van der Waals surface area contributed by atoms with E-state index in [0.717, 1.165) is 12.8 Å². The van der Waals surface area contributed by atoms with Crippen LogP contribution in [0.1, 0.15) is 30.3 Å². The lowest BCUT2D eigenvalue weighted by molar-refractivity contribution is -0.119. The second-order valence-corrected chi connectivity index (χ2v) is 5.41. The van der Waals surface area contributed by atoms with Gasteiger partial charge in [0.25, 0.3) is 0 Å². The largest absolute Gasteiger partial charge is 0.461 e. The molecule has 7 nitrogen and oxygen atoms in total. The number of aryl methyl sites for hydroxylation is 1. The third kappa shape index (κ3) is 3.86. The van der Waals surface area contributed by atoms with E-state index >= 15 is 0 Å². The zero-order valence-electron chi connectivity index (χ0n) is 13.0. The zero-order chi connectivity index (χ0) is 16.1. The maximum Gasteiger partial charge on any atom is 0.355 e. The molecule has 122 valence electrons. The number of amides is 1. The molecule has 0 bridgehead atoms. The standard InChI is InChI=1S/C15H23N3O4/c1-3-22-15(20)12-8-11(9-18(12)2)17-14(19)13(16)10-4-6-21-7-5-10/h8-10,13H,3-7,16H2,1-2H3,(H,17,19). The van der Waals surface area contributed by atoms with E-state index in [4.69, 9.17) is 15.2 Å². The quantitative estimate of drug-likeness (QED) is 0.788. The maximum absolute atomic E-state index is 12.2. The number of hydrogen-bond donors (Lipinski definition) is 2. The molecule has 3 N–H and O–H groups in total. The molecule has 1 atom stereocenters. The van der Waals surface area contributed by atoms with Crippen LogP contribution in [0.5, 0.6) is 0 Å². The number of aromatic nitrogens is 1. The minimum atomic E-state index is -0.574. The van der Waals surface area contributed by atoms with Gasteiger partial charge in [0.15, 0.2) is 0 Å². The molecule has 0 radical (unpaired) electrons. The second-order valence-electron chi connectivity index (χ2n) is 5.41. The first-order chi connectivity index (χ1) is 10.5. The summed E-state index contributed by atoms with van der Waals surface area (Å²) < 4.78 is 11.9. The monoisotopic (exact) mass is 309 g/mol. The van der Waals surface area contributed by atoms with Crippen molar-refractivity contribution in [2.24, 2.45) is 18.7 Å². The molecule has 0 spiro atoms. The van der Waals surface area contributed by atoms with Gasteiger partial charge in [0.05, 0.1) is 18.3 Å². The lowest BCUT2D eigenvalue weighted by atomic mass is 9.92. The van der Waals surface area contributed by atoms with Gasteiger partial charge < -0.3 is 25.1 Å². The summed E-state index contributed by atoms with van der Waals surface area (Å²) in [6, 6.07) is 1.02. The Balaban J connectivity index is 1.99. The van der Waals surface area contributed by atoms with Crippen molar-refractivity contribution in [2.45, 2.75) is 25.8 Å². The van der Waals surface area contributed by atoms with Crippen LogP contribution in [0.4, 0.5) is 5.69 Å². The van der Waals surface area contributed by atoms with Crippen molar-refractivity contribution in [1.29, 1.82) is 0 Å².